The summed E-state index contributed by atoms with van der Waals surface area (Å²) in [5.74, 6) is 0. The average molecular weight is 379 g/mol. The molecular formula is CHIMnNaO6Zn. The van der Waals surface area contributed by atoms with E-state index in [1.165, 1.54) is 0 Å². The normalized spacial score (nSPS) is 6.27. The quantitative estimate of drug-likeness (QED) is 0.254. The number of hydrogen-bond donors (Lipinski definition) is 1. The number of rotatable bonds is 0. The Balaban J connectivity index is -0.0000000183. The van der Waals surface area contributed by atoms with Gasteiger partial charge in [-0.2, -0.15) is 0 Å². The van der Waals surface area contributed by atoms with Crippen LogP contribution in [0.15, 0.2) is 0 Å². The summed E-state index contributed by atoms with van der Waals surface area (Å²) in [6, 6.07) is 0. The fourth-order valence-electron chi connectivity index (χ4n) is 0. The van der Waals surface area contributed by atoms with E-state index in [1.54, 1.807) is 0 Å². The summed E-state index contributed by atoms with van der Waals surface area (Å²) in [5, 5.41) is 6.76. The zero-order chi connectivity index (χ0) is 7.21. The maximum absolute atomic E-state index is 8.58. The Morgan fingerprint density at radius 1 is 1.27 bits per heavy atom. The van der Waals surface area contributed by atoms with Gasteiger partial charge in [0.15, 0.2) is 0 Å². The van der Waals surface area contributed by atoms with E-state index in [-0.39, 0.29) is 73.0 Å². The molecule has 0 aromatic carbocycles. The fourth-order valence-corrected chi connectivity index (χ4v) is 0. The Labute approximate surface area is 116 Å². The molecule has 0 aromatic heterocycles. The molecule has 0 rings (SSSR count). The molecule has 0 unspecified atom stereocenters. The van der Waals surface area contributed by atoms with Crippen molar-refractivity contribution in [3.63, 3.8) is 0 Å². The molecule has 0 aliphatic rings. The first-order chi connectivity index (χ1) is 3.41. The molecule has 0 amide bonds. The van der Waals surface area contributed by atoms with Crippen LogP contribution in [-0.2, 0) is 48.7 Å². The minimum atomic E-state index is -5.62. The minimum absolute atomic E-state index is 0. The van der Waals surface area contributed by atoms with E-state index in [2.05, 4.69) is 0 Å². The summed E-state index contributed by atoms with van der Waals surface area (Å²) in [6.45, 7) is 0.500. The monoisotopic (exact) mass is 378 g/mol. The molecule has 58 valence electrons. The van der Waals surface area contributed by atoms with Crippen molar-refractivity contribution in [2.45, 2.75) is 0 Å². The Hall–Kier alpha value is 1.70. The minimum Gasteiger partial charge on any atom is 2.00 e. The van der Waals surface area contributed by atoms with Crippen LogP contribution in [0.5, 0.6) is 0 Å². The summed E-state index contributed by atoms with van der Waals surface area (Å²) in [6.07, 6.45) is 0. The molecule has 0 atom stereocenters. The molecule has 0 heterocycles. The van der Waals surface area contributed by atoms with Gasteiger partial charge in [0.05, 0.1) is 0 Å². The number of halogens is 1. The first kappa shape index (κ1) is 29.3. The van der Waals surface area contributed by atoms with Crippen LogP contribution in [0.3, 0.4) is 0 Å². The second-order valence-electron chi connectivity index (χ2n) is 0.469. The van der Waals surface area contributed by atoms with Gasteiger partial charge in [-0.1, -0.05) is 6.47 Å². The van der Waals surface area contributed by atoms with Crippen molar-refractivity contribution in [2.75, 3.05) is 0 Å². The molecule has 0 aliphatic heterocycles. The molecule has 10 heteroatoms. The summed E-state index contributed by atoms with van der Waals surface area (Å²) in [5.41, 5.74) is 0. The summed E-state index contributed by atoms with van der Waals surface area (Å²) in [4.78, 5) is 8.24. The first-order valence-electron chi connectivity index (χ1n) is 1.04. The molecule has 6 nitrogen and oxygen atoms in total. The number of hydrogen-bond acceptors (Lipinski definition) is 5. The van der Waals surface area contributed by atoms with Gasteiger partial charge in [0.25, 0.3) is 0 Å². The Bertz CT molecular complexity index is 177. The third kappa shape index (κ3) is 380. The van der Waals surface area contributed by atoms with E-state index in [0.717, 1.165) is 0 Å². The van der Waals surface area contributed by atoms with Crippen LogP contribution in [0, 0.1) is 0 Å². The SMILES string of the molecule is O=[C-]O.[I-].[Na+].[O]=[Mn](=[O])(=[O])[O-].[Zn+2]. The zero-order valence-electron chi connectivity index (χ0n) is 5.45. The van der Waals surface area contributed by atoms with Crippen molar-refractivity contribution in [3.8, 4) is 0 Å². The van der Waals surface area contributed by atoms with E-state index in [0.29, 0.717) is 6.47 Å². The van der Waals surface area contributed by atoms with Gasteiger partial charge in [-0.25, -0.2) is 0 Å². The van der Waals surface area contributed by atoms with Crippen molar-refractivity contribution in [2.24, 2.45) is 0 Å². The zero-order valence-corrected chi connectivity index (χ0v) is 13.8. The van der Waals surface area contributed by atoms with Crippen LogP contribution in [-0.4, -0.2) is 11.6 Å². The van der Waals surface area contributed by atoms with Gasteiger partial charge in [0.2, 0.25) is 0 Å². The van der Waals surface area contributed by atoms with Gasteiger partial charge in [-0.3, -0.25) is 0 Å². The smallest absolute Gasteiger partial charge is 2.00 e. The third-order valence-corrected chi connectivity index (χ3v) is 0. The third-order valence-electron chi connectivity index (χ3n) is 0. The van der Waals surface area contributed by atoms with Crippen LogP contribution < -0.4 is 57.7 Å². The number of aliphatic hydroxyl groups excluding tert-OH is 1. The van der Waals surface area contributed by atoms with Crippen molar-refractivity contribution in [1.82, 2.24) is 0 Å². The van der Waals surface area contributed by atoms with E-state index in [9.17, 15) is 0 Å². The molecule has 0 bridgehead atoms. The Kier molecular flexibility index (Phi) is 47.2. The maximum atomic E-state index is 8.58. The van der Waals surface area contributed by atoms with E-state index >= 15 is 0 Å². The summed E-state index contributed by atoms with van der Waals surface area (Å²) in [7, 11) is 0. The molecule has 0 aromatic rings. The second kappa shape index (κ2) is 17.7. The van der Waals surface area contributed by atoms with Gasteiger partial charge >= 0.3 is 77.7 Å². The Morgan fingerprint density at radius 3 is 1.27 bits per heavy atom. The van der Waals surface area contributed by atoms with Crippen LogP contribution in [0.4, 0.5) is 0 Å². The van der Waals surface area contributed by atoms with Gasteiger partial charge < -0.3 is 33.9 Å². The van der Waals surface area contributed by atoms with Gasteiger partial charge in [0, 0.05) is 0 Å². The topological polar surface area (TPSA) is 112 Å². The van der Waals surface area contributed by atoms with Crippen LogP contribution in [0.25, 0.3) is 0 Å². The van der Waals surface area contributed by atoms with Crippen molar-refractivity contribution < 1.29 is 112 Å². The van der Waals surface area contributed by atoms with E-state index < -0.39 is 13.0 Å². The predicted octanol–water partition coefficient (Wildman–Crippen LogP) is -7.93. The van der Waals surface area contributed by atoms with Crippen LogP contribution in [0.2, 0.25) is 0 Å². The van der Waals surface area contributed by atoms with Crippen LogP contribution in [0.1, 0.15) is 0 Å². The van der Waals surface area contributed by atoms with Gasteiger partial charge in [-0.15, -0.1) is 0 Å². The Morgan fingerprint density at radius 2 is 1.27 bits per heavy atom. The first-order valence-corrected chi connectivity index (χ1v) is 2.97. The van der Waals surface area contributed by atoms with E-state index in [1.807, 2.05) is 0 Å². The molecule has 1 N–H and O–H groups in total. The molecule has 0 radical (unpaired) electrons. The molecule has 0 saturated carbocycles. The summed E-state index contributed by atoms with van der Waals surface area (Å²) >= 11 is -5.62. The fraction of sp³-hybridized carbons (Fsp3) is 0. The second-order valence-corrected chi connectivity index (χ2v) is 1.65. The molecule has 0 spiro atoms. The van der Waals surface area contributed by atoms with Crippen molar-refractivity contribution in [1.29, 1.82) is 0 Å². The predicted molar refractivity (Wildman–Crippen MR) is 10.4 cm³/mol. The molecule has 0 fully saturated rings. The van der Waals surface area contributed by atoms with Crippen LogP contribution >= 0.6 is 0 Å². The molecule has 11 heavy (non-hydrogen) atoms. The molecule has 0 saturated heterocycles. The van der Waals surface area contributed by atoms with Gasteiger partial charge in [-0.05, 0) is 0 Å². The van der Waals surface area contributed by atoms with Crippen molar-refractivity contribution in [3.05, 3.63) is 0 Å². The standard InChI is InChI=1S/CHO2.HI.Mn.Na.4O.Zn/c2-1-3;;;;;;;;/h(H,2,3);1H;;;;;;;/q-1;;;+1;;;;-1;+2/p-1. The molecule has 0 aliphatic carbocycles. The maximum Gasteiger partial charge on any atom is 2.00 e. The molecular weight excluding hydrogens is 378 g/mol. The average Bonchev–Trinajstić information content (AvgIpc) is 1.27. The largest absolute Gasteiger partial charge is 2.00 e. The summed E-state index contributed by atoms with van der Waals surface area (Å²) < 4.78 is 34.3. The van der Waals surface area contributed by atoms with E-state index in [4.69, 9.17) is 25.6 Å². The van der Waals surface area contributed by atoms with Crippen molar-refractivity contribution >= 4 is 6.47 Å². The van der Waals surface area contributed by atoms with Gasteiger partial charge in [0.1, 0.15) is 0 Å².